The number of hydrogen-bond acceptors (Lipinski definition) is 4. The summed E-state index contributed by atoms with van der Waals surface area (Å²) in [4.78, 5) is 0. The summed E-state index contributed by atoms with van der Waals surface area (Å²) in [6.07, 6.45) is 9.75. The number of aliphatic hydroxyl groups excluding tert-OH is 1. The lowest BCUT2D eigenvalue weighted by atomic mass is 9.98. The maximum atomic E-state index is 9.97. The lowest BCUT2D eigenvalue weighted by Gasteiger charge is -2.24. The first-order chi connectivity index (χ1) is 10.2. The Labute approximate surface area is 127 Å². The van der Waals surface area contributed by atoms with Gasteiger partial charge < -0.3 is 19.6 Å². The van der Waals surface area contributed by atoms with Gasteiger partial charge in [-0.3, -0.25) is 0 Å². The summed E-state index contributed by atoms with van der Waals surface area (Å²) in [6.45, 7) is 3.17. The van der Waals surface area contributed by atoms with Gasteiger partial charge in [0.05, 0.1) is 25.1 Å². The first-order valence-electron chi connectivity index (χ1n) is 8.29. The van der Waals surface area contributed by atoms with Crippen LogP contribution in [-0.4, -0.2) is 36.5 Å². The van der Waals surface area contributed by atoms with Crippen molar-refractivity contribution in [1.29, 1.82) is 0 Å². The molecule has 1 saturated carbocycles. The maximum Gasteiger partial charge on any atom is 0.103 e. The molecule has 0 aliphatic heterocycles. The summed E-state index contributed by atoms with van der Waals surface area (Å²) in [5.74, 6) is 1.02. The van der Waals surface area contributed by atoms with Crippen LogP contribution in [0.3, 0.4) is 0 Å². The quantitative estimate of drug-likeness (QED) is 0.735. The van der Waals surface area contributed by atoms with Crippen molar-refractivity contribution in [1.82, 2.24) is 5.32 Å². The fourth-order valence-corrected chi connectivity index (χ4v) is 2.79. The van der Waals surface area contributed by atoms with Gasteiger partial charge in [-0.25, -0.2) is 0 Å². The van der Waals surface area contributed by atoms with E-state index in [1.807, 2.05) is 12.1 Å². The first kappa shape index (κ1) is 16.5. The molecule has 4 heteroatoms. The molecule has 0 saturated heterocycles. The van der Waals surface area contributed by atoms with Crippen LogP contribution in [0.1, 0.15) is 51.2 Å². The molecule has 120 valence electrons. The highest BCUT2D eigenvalue weighted by Gasteiger charge is 2.15. The van der Waals surface area contributed by atoms with Gasteiger partial charge in [0.1, 0.15) is 5.76 Å². The van der Waals surface area contributed by atoms with Crippen molar-refractivity contribution in [3.8, 4) is 0 Å². The number of aliphatic hydroxyl groups is 1. The Morgan fingerprint density at radius 2 is 2.19 bits per heavy atom. The third kappa shape index (κ3) is 6.64. The van der Waals surface area contributed by atoms with Crippen molar-refractivity contribution in [3.05, 3.63) is 24.2 Å². The van der Waals surface area contributed by atoms with E-state index in [4.69, 9.17) is 9.15 Å². The van der Waals surface area contributed by atoms with Crippen molar-refractivity contribution >= 4 is 0 Å². The van der Waals surface area contributed by atoms with Crippen molar-refractivity contribution < 1.29 is 14.3 Å². The van der Waals surface area contributed by atoms with Gasteiger partial charge in [-0.15, -0.1) is 0 Å². The van der Waals surface area contributed by atoms with Crippen molar-refractivity contribution in [2.24, 2.45) is 0 Å². The molecule has 2 N–H and O–H groups in total. The van der Waals surface area contributed by atoms with Gasteiger partial charge >= 0.3 is 0 Å². The molecule has 0 amide bonds. The molecule has 1 aromatic heterocycles. The molecule has 4 nitrogen and oxygen atoms in total. The van der Waals surface area contributed by atoms with Crippen LogP contribution in [0.4, 0.5) is 0 Å². The van der Waals surface area contributed by atoms with Gasteiger partial charge in [-0.1, -0.05) is 19.3 Å². The minimum Gasteiger partial charge on any atom is -0.469 e. The largest absolute Gasteiger partial charge is 0.469 e. The maximum absolute atomic E-state index is 9.97. The Morgan fingerprint density at radius 1 is 1.38 bits per heavy atom. The van der Waals surface area contributed by atoms with Crippen LogP contribution in [0.2, 0.25) is 0 Å². The fraction of sp³-hybridized carbons (Fsp3) is 0.765. The summed E-state index contributed by atoms with van der Waals surface area (Å²) >= 11 is 0. The van der Waals surface area contributed by atoms with Crippen LogP contribution >= 0.6 is 0 Å². The summed E-state index contributed by atoms with van der Waals surface area (Å²) < 4.78 is 11.1. The van der Waals surface area contributed by atoms with Crippen molar-refractivity contribution in [2.45, 2.75) is 70.1 Å². The van der Waals surface area contributed by atoms with E-state index in [2.05, 4.69) is 12.2 Å². The minimum absolute atomic E-state index is 0.361. The van der Waals surface area contributed by atoms with E-state index >= 15 is 0 Å². The lowest BCUT2D eigenvalue weighted by Crippen LogP contribution is -2.37. The van der Waals surface area contributed by atoms with Crippen LogP contribution in [-0.2, 0) is 11.2 Å². The minimum atomic E-state index is -0.419. The fourth-order valence-electron chi connectivity index (χ4n) is 2.79. The second-order valence-electron chi connectivity index (χ2n) is 6.17. The molecule has 0 bridgehead atoms. The zero-order valence-corrected chi connectivity index (χ0v) is 13.1. The Hall–Kier alpha value is -0.840. The predicted molar refractivity (Wildman–Crippen MR) is 83.3 cm³/mol. The molecule has 0 aromatic carbocycles. The zero-order valence-electron chi connectivity index (χ0n) is 13.1. The van der Waals surface area contributed by atoms with Crippen LogP contribution in [0.5, 0.6) is 0 Å². The molecule has 1 fully saturated rings. The highest BCUT2D eigenvalue weighted by atomic mass is 16.5. The smallest absolute Gasteiger partial charge is 0.103 e. The second-order valence-corrected chi connectivity index (χ2v) is 6.17. The topological polar surface area (TPSA) is 54.6 Å². The van der Waals surface area contributed by atoms with Gasteiger partial charge in [0.25, 0.3) is 0 Å². The number of ether oxygens (including phenoxy) is 1. The zero-order chi connectivity index (χ0) is 14.9. The number of nitrogens with one attached hydrogen (secondary N) is 1. The molecule has 21 heavy (non-hydrogen) atoms. The van der Waals surface area contributed by atoms with E-state index in [0.717, 1.165) is 31.4 Å². The average Bonchev–Trinajstić information content (AvgIpc) is 3.03. The number of hydrogen-bond donors (Lipinski definition) is 2. The highest BCUT2D eigenvalue weighted by Crippen LogP contribution is 2.20. The molecular weight excluding hydrogens is 266 g/mol. The van der Waals surface area contributed by atoms with E-state index in [1.165, 1.54) is 19.3 Å². The number of rotatable bonds is 9. The van der Waals surface area contributed by atoms with Crippen LogP contribution in [0.25, 0.3) is 0 Å². The van der Waals surface area contributed by atoms with E-state index < -0.39 is 6.10 Å². The molecule has 2 rings (SSSR count). The molecule has 1 heterocycles. The average molecular weight is 295 g/mol. The van der Waals surface area contributed by atoms with E-state index in [-0.39, 0.29) is 0 Å². The summed E-state index contributed by atoms with van der Waals surface area (Å²) in [5.41, 5.74) is 0. The Kier molecular flexibility index (Phi) is 7.27. The summed E-state index contributed by atoms with van der Waals surface area (Å²) in [6, 6.07) is 4.28. The summed E-state index contributed by atoms with van der Waals surface area (Å²) in [5, 5.41) is 13.3. The normalized spacial score (nSPS) is 19.5. The van der Waals surface area contributed by atoms with Crippen LogP contribution < -0.4 is 5.32 Å². The SMILES string of the molecule is CC(CCc1ccco1)NCC(O)COC1CCCCC1. The Balaban J connectivity index is 1.52. The van der Waals surface area contributed by atoms with Gasteiger partial charge in [0.2, 0.25) is 0 Å². The standard InChI is InChI=1S/C17H29NO3/c1-14(9-10-17-8-5-11-20-17)18-12-15(19)13-21-16-6-3-2-4-7-16/h5,8,11,14-16,18-19H,2-4,6-7,9-10,12-13H2,1H3. The Morgan fingerprint density at radius 3 is 2.90 bits per heavy atom. The highest BCUT2D eigenvalue weighted by molar-refractivity contribution is 4.98. The molecule has 1 aromatic rings. The Bertz CT molecular complexity index is 360. The molecular formula is C17H29NO3. The van der Waals surface area contributed by atoms with Gasteiger partial charge in [0.15, 0.2) is 0 Å². The van der Waals surface area contributed by atoms with Gasteiger partial charge in [-0.2, -0.15) is 0 Å². The molecule has 2 unspecified atom stereocenters. The van der Waals surface area contributed by atoms with Gasteiger partial charge in [0, 0.05) is 19.0 Å². The van der Waals surface area contributed by atoms with Crippen molar-refractivity contribution in [2.75, 3.05) is 13.2 Å². The molecule has 2 atom stereocenters. The van der Waals surface area contributed by atoms with Crippen molar-refractivity contribution in [3.63, 3.8) is 0 Å². The lowest BCUT2D eigenvalue weighted by molar-refractivity contribution is -0.0235. The van der Waals surface area contributed by atoms with E-state index in [0.29, 0.717) is 25.3 Å². The monoisotopic (exact) mass is 295 g/mol. The molecule has 1 aliphatic rings. The predicted octanol–water partition coefficient (Wildman–Crippen LogP) is 2.90. The van der Waals surface area contributed by atoms with E-state index in [1.54, 1.807) is 6.26 Å². The van der Waals surface area contributed by atoms with Gasteiger partial charge in [-0.05, 0) is 38.3 Å². The molecule has 1 aliphatic carbocycles. The van der Waals surface area contributed by atoms with E-state index in [9.17, 15) is 5.11 Å². The number of aryl methyl sites for hydroxylation is 1. The third-order valence-corrected chi connectivity index (χ3v) is 4.18. The first-order valence-corrected chi connectivity index (χ1v) is 8.29. The number of furan rings is 1. The third-order valence-electron chi connectivity index (χ3n) is 4.18. The van der Waals surface area contributed by atoms with Crippen LogP contribution in [0.15, 0.2) is 22.8 Å². The second kappa shape index (κ2) is 9.23. The molecule has 0 radical (unpaired) electrons. The summed E-state index contributed by atoms with van der Waals surface area (Å²) in [7, 11) is 0. The van der Waals surface area contributed by atoms with Crippen LogP contribution in [0, 0.1) is 0 Å². The molecule has 0 spiro atoms.